The molecule has 10 heteroatoms. The van der Waals surface area contributed by atoms with Crippen LogP contribution >= 0.6 is 0 Å². The van der Waals surface area contributed by atoms with E-state index < -0.39 is 10.0 Å². The van der Waals surface area contributed by atoms with Crippen LogP contribution in [0.5, 0.6) is 0 Å². The maximum absolute atomic E-state index is 12.2. The van der Waals surface area contributed by atoms with Gasteiger partial charge in [-0.1, -0.05) is 6.07 Å². The standard InChI is InChI=1S/C18H20N6O3S/c1-23(2)28(26,27)17-5-3-4-15(10-17)22-18(25)11-20-14-6-8-16(9-7-14)24-13-19-12-21-24/h3-10,12-13,20H,11H2,1-2H3,(H,22,25). The first-order valence-corrected chi connectivity index (χ1v) is 9.81. The largest absolute Gasteiger partial charge is 0.376 e. The Labute approximate surface area is 163 Å². The van der Waals surface area contributed by atoms with Crippen LogP contribution in [0.4, 0.5) is 11.4 Å². The number of carbonyl (C=O) groups excluding carboxylic acids is 1. The first-order valence-electron chi connectivity index (χ1n) is 8.37. The molecule has 146 valence electrons. The predicted octanol–water partition coefficient (Wildman–Crippen LogP) is 1.57. The van der Waals surface area contributed by atoms with Gasteiger partial charge in [0.2, 0.25) is 15.9 Å². The summed E-state index contributed by atoms with van der Waals surface area (Å²) in [6, 6.07) is 13.5. The summed E-state index contributed by atoms with van der Waals surface area (Å²) in [5, 5.41) is 9.75. The molecule has 2 aromatic carbocycles. The summed E-state index contributed by atoms with van der Waals surface area (Å²) in [6.07, 6.45) is 3.05. The van der Waals surface area contributed by atoms with Gasteiger partial charge in [0.15, 0.2) is 0 Å². The first kappa shape index (κ1) is 19.5. The summed E-state index contributed by atoms with van der Waals surface area (Å²) in [6.45, 7) is 0.0350. The molecule has 0 aliphatic rings. The first-order chi connectivity index (χ1) is 13.4. The van der Waals surface area contributed by atoms with Crippen molar-refractivity contribution in [2.45, 2.75) is 4.90 Å². The molecule has 0 bridgehead atoms. The summed E-state index contributed by atoms with van der Waals surface area (Å²) >= 11 is 0. The number of benzene rings is 2. The van der Waals surface area contributed by atoms with Crippen LogP contribution in [0.3, 0.4) is 0 Å². The van der Waals surface area contributed by atoms with Crippen LogP contribution in [0.15, 0.2) is 66.1 Å². The summed E-state index contributed by atoms with van der Waals surface area (Å²) < 4.78 is 27.1. The second-order valence-electron chi connectivity index (χ2n) is 6.10. The molecule has 0 radical (unpaired) electrons. The minimum absolute atomic E-state index is 0.0350. The van der Waals surface area contributed by atoms with Crippen molar-refractivity contribution in [2.24, 2.45) is 0 Å². The van der Waals surface area contributed by atoms with Gasteiger partial charge in [0.05, 0.1) is 17.1 Å². The third kappa shape index (κ3) is 4.53. The monoisotopic (exact) mass is 400 g/mol. The van der Waals surface area contributed by atoms with Crippen LogP contribution in [0.2, 0.25) is 0 Å². The molecule has 0 aliphatic carbocycles. The Balaban J connectivity index is 1.59. The minimum atomic E-state index is -3.56. The van der Waals surface area contributed by atoms with E-state index in [1.54, 1.807) is 23.1 Å². The summed E-state index contributed by atoms with van der Waals surface area (Å²) in [5.41, 5.74) is 2.03. The van der Waals surface area contributed by atoms with Crippen LogP contribution in [0, 0.1) is 0 Å². The van der Waals surface area contributed by atoms with E-state index >= 15 is 0 Å². The Bertz CT molecular complexity index is 1050. The van der Waals surface area contributed by atoms with Crippen molar-refractivity contribution in [1.82, 2.24) is 19.1 Å². The third-order valence-corrected chi connectivity index (χ3v) is 5.71. The lowest BCUT2D eigenvalue weighted by Crippen LogP contribution is -2.23. The molecule has 0 saturated heterocycles. The normalized spacial score (nSPS) is 11.4. The number of nitrogens with zero attached hydrogens (tertiary/aromatic N) is 4. The number of anilines is 2. The molecule has 28 heavy (non-hydrogen) atoms. The van der Waals surface area contributed by atoms with Crippen molar-refractivity contribution < 1.29 is 13.2 Å². The van der Waals surface area contributed by atoms with Gasteiger partial charge in [-0.05, 0) is 42.5 Å². The molecule has 2 N–H and O–H groups in total. The average Bonchev–Trinajstić information content (AvgIpc) is 3.21. The molecular formula is C18H20N6O3S. The Hall–Kier alpha value is -3.24. The van der Waals surface area contributed by atoms with E-state index in [0.717, 1.165) is 15.7 Å². The number of sulfonamides is 1. The highest BCUT2D eigenvalue weighted by molar-refractivity contribution is 7.89. The van der Waals surface area contributed by atoms with E-state index in [-0.39, 0.29) is 17.3 Å². The number of aromatic nitrogens is 3. The van der Waals surface area contributed by atoms with Crippen molar-refractivity contribution in [3.63, 3.8) is 0 Å². The molecule has 0 saturated carbocycles. The smallest absolute Gasteiger partial charge is 0.243 e. The quantitative estimate of drug-likeness (QED) is 0.623. The Morgan fingerprint density at radius 1 is 1.11 bits per heavy atom. The van der Waals surface area contributed by atoms with Crippen molar-refractivity contribution in [2.75, 3.05) is 31.3 Å². The fraction of sp³-hybridized carbons (Fsp3) is 0.167. The second kappa shape index (κ2) is 8.19. The summed E-state index contributed by atoms with van der Waals surface area (Å²) in [4.78, 5) is 16.2. The van der Waals surface area contributed by atoms with Gasteiger partial charge in [-0.2, -0.15) is 5.10 Å². The molecule has 0 fully saturated rings. The lowest BCUT2D eigenvalue weighted by molar-refractivity contribution is -0.114. The average molecular weight is 400 g/mol. The van der Waals surface area contributed by atoms with Crippen molar-refractivity contribution in [3.8, 4) is 5.69 Å². The number of amides is 1. The molecule has 1 heterocycles. The number of hydrogen-bond donors (Lipinski definition) is 2. The topological polar surface area (TPSA) is 109 Å². The number of rotatable bonds is 7. The van der Waals surface area contributed by atoms with Gasteiger partial charge in [-0.25, -0.2) is 22.4 Å². The maximum Gasteiger partial charge on any atom is 0.243 e. The molecule has 0 atom stereocenters. The zero-order valence-corrected chi connectivity index (χ0v) is 16.2. The third-order valence-electron chi connectivity index (χ3n) is 3.90. The van der Waals surface area contributed by atoms with E-state index in [9.17, 15) is 13.2 Å². The highest BCUT2D eigenvalue weighted by atomic mass is 32.2. The van der Waals surface area contributed by atoms with Gasteiger partial charge in [-0.15, -0.1) is 0 Å². The van der Waals surface area contributed by atoms with Gasteiger partial charge < -0.3 is 10.6 Å². The number of nitrogens with one attached hydrogen (secondary N) is 2. The van der Waals surface area contributed by atoms with Crippen LogP contribution in [0.1, 0.15) is 0 Å². The molecular weight excluding hydrogens is 380 g/mol. The Kier molecular flexibility index (Phi) is 5.71. The molecule has 0 aliphatic heterocycles. The molecule has 0 unspecified atom stereocenters. The van der Waals surface area contributed by atoms with Gasteiger partial charge in [0.25, 0.3) is 0 Å². The van der Waals surface area contributed by atoms with Crippen molar-refractivity contribution >= 4 is 27.3 Å². The summed E-state index contributed by atoms with van der Waals surface area (Å²) in [7, 11) is -0.644. The van der Waals surface area contributed by atoms with Crippen LogP contribution in [-0.4, -0.2) is 54.0 Å². The summed E-state index contributed by atoms with van der Waals surface area (Å²) in [5.74, 6) is -0.292. The molecule has 1 amide bonds. The maximum atomic E-state index is 12.2. The fourth-order valence-electron chi connectivity index (χ4n) is 2.41. The highest BCUT2D eigenvalue weighted by Crippen LogP contribution is 2.18. The fourth-order valence-corrected chi connectivity index (χ4v) is 3.35. The predicted molar refractivity (Wildman–Crippen MR) is 106 cm³/mol. The number of carbonyl (C=O) groups is 1. The van der Waals surface area contributed by atoms with Gasteiger partial charge in [0, 0.05) is 25.5 Å². The minimum Gasteiger partial charge on any atom is -0.376 e. The van der Waals surface area contributed by atoms with E-state index in [1.807, 2.05) is 24.3 Å². The zero-order valence-electron chi connectivity index (χ0n) is 15.4. The van der Waals surface area contributed by atoms with E-state index in [1.165, 1.54) is 32.6 Å². The van der Waals surface area contributed by atoms with E-state index in [4.69, 9.17) is 0 Å². The SMILES string of the molecule is CN(C)S(=O)(=O)c1cccc(NC(=O)CNc2ccc(-n3cncn3)cc2)c1. The van der Waals surface area contributed by atoms with Crippen LogP contribution < -0.4 is 10.6 Å². The van der Waals surface area contributed by atoms with Crippen LogP contribution in [-0.2, 0) is 14.8 Å². The molecule has 1 aromatic heterocycles. The van der Waals surface area contributed by atoms with E-state index in [2.05, 4.69) is 20.7 Å². The van der Waals surface area contributed by atoms with Gasteiger partial charge in [-0.3, -0.25) is 4.79 Å². The molecule has 3 aromatic rings. The Morgan fingerprint density at radius 2 is 1.86 bits per heavy atom. The van der Waals surface area contributed by atoms with Gasteiger partial charge >= 0.3 is 0 Å². The lowest BCUT2D eigenvalue weighted by atomic mass is 10.3. The van der Waals surface area contributed by atoms with Crippen LogP contribution in [0.25, 0.3) is 5.69 Å². The number of hydrogen-bond acceptors (Lipinski definition) is 6. The zero-order chi connectivity index (χ0) is 20.1. The van der Waals surface area contributed by atoms with Crippen molar-refractivity contribution in [3.05, 3.63) is 61.2 Å². The molecule has 0 spiro atoms. The molecule has 9 nitrogen and oxygen atoms in total. The molecule has 3 rings (SSSR count). The second-order valence-corrected chi connectivity index (χ2v) is 8.26. The van der Waals surface area contributed by atoms with Gasteiger partial charge in [0.1, 0.15) is 12.7 Å². The highest BCUT2D eigenvalue weighted by Gasteiger charge is 2.17. The lowest BCUT2D eigenvalue weighted by Gasteiger charge is -2.13. The van der Waals surface area contributed by atoms with E-state index in [0.29, 0.717) is 5.69 Å². The Morgan fingerprint density at radius 3 is 2.50 bits per heavy atom. The van der Waals surface area contributed by atoms with Crippen molar-refractivity contribution in [1.29, 1.82) is 0 Å².